The second-order valence-electron chi connectivity index (χ2n) is 5.25. The number of nitrogens with one attached hydrogen (secondary N) is 1. The number of likely N-dealkylation sites (tertiary alicyclic amines) is 1. The van der Waals surface area contributed by atoms with Crippen LogP contribution in [0.25, 0.3) is 0 Å². The number of nitrogens with zero attached hydrogens (tertiary/aromatic N) is 1. The minimum Gasteiger partial charge on any atom is -0.435 e. The lowest BCUT2D eigenvalue weighted by Crippen LogP contribution is -2.45. The van der Waals surface area contributed by atoms with Crippen LogP contribution < -0.4 is 10.1 Å². The van der Waals surface area contributed by atoms with Crippen molar-refractivity contribution in [3.05, 3.63) is 29.8 Å². The van der Waals surface area contributed by atoms with Gasteiger partial charge in [-0.2, -0.15) is 8.78 Å². The highest BCUT2D eigenvalue weighted by molar-refractivity contribution is 5.30. The molecular formula is C15H22F2N2O. The lowest BCUT2D eigenvalue weighted by atomic mass is 10.0. The first kappa shape index (κ1) is 15.2. The smallest absolute Gasteiger partial charge is 0.387 e. The maximum atomic E-state index is 12.3. The summed E-state index contributed by atoms with van der Waals surface area (Å²) >= 11 is 0. The van der Waals surface area contributed by atoms with E-state index in [1.54, 1.807) is 18.2 Å². The van der Waals surface area contributed by atoms with E-state index in [1.807, 2.05) is 13.1 Å². The second-order valence-corrected chi connectivity index (χ2v) is 5.25. The Balaban J connectivity index is 2.06. The van der Waals surface area contributed by atoms with Crippen molar-refractivity contribution >= 4 is 0 Å². The number of alkyl halides is 2. The molecule has 0 bridgehead atoms. The molecule has 0 amide bonds. The van der Waals surface area contributed by atoms with E-state index in [9.17, 15) is 8.78 Å². The predicted octanol–water partition coefficient (Wildman–Crippen LogP) is 3.03. The highest BCUT2D eigenvalue weighted by atomic mass is 19.3. The third-order valence-electron chi connectivity index (χ3n) is 3.97. The van der Waals surface area contributed by atoms with Crippen molar-refractivity contribution < 1.29 is 13.5 Å². The molecule has 1 heterocycles. The number of hydrogen-bond donors (Lipinski definition) is 1. The van der Waals surface area contributed by atoms with E-state index >= 15 is 0 Å². The zero-order valence-corrected chi connectivity index (χ0v) is 12.0. The molecule has 1 aliphatic rings. The van der Waals surface area contributed by atoms with Gasteiger partial charge in [0, 0.05) is 18.6 Å². The molecule has 1 fully saturated rings. The van der Waals surface area contributed by atoms with Gasteiger partial charge in [0.15, 0.2) is 0 Å². The first-order chi connectivity index (χ1) is 9.60. The molecule has 1 N–H and O–H groups in total. The van der Waals surface area contributed by atoms with E-state index in [-0.39, 0.29) is 11.8 Å². The Morgan fingerprint density at radius 3 is 2.90 bits per heavy atom. The average molecular weight is 284 g/mol. The van der Waals surface area contributed by atoms with Gasteiger partial charge in [0.2, 0.25) is 0 Å². The van der Waals surface area contributed by atoms with Gasteiger partial charge in [-0.1, -0.05) is 12.1 Å². The Labute approximate surface area is 118 Å². The van der Waals surface area contributed by atoms with E-state index in [4.69, 9.17) is 0 Å². The summed E-state index contributed by atoms with van der Waals surface area (Å²) < 4.78 is 29.0. The van der Waals surface area contributed by atoms with Crippen LogP contribution in [-0.2, 0) is 0 Å². The summed E-state index contributed by atoms with van der Waals surface area (Å²) in [6.07, 6.45) is 2.34. The average Bonchev–Trinajstić information content (AvgIpc) is 2.46. The molecule has 0 radical (unpaired) electrons. The van der Waals surface area contributed by atoms with Gasteiger partial charge in [0.1, 0.15) is 5.75 Å². The maximum absolute atomic E-state index is 12.3. The molecule has 2 unspecified atom stereocenters. The number of hydrogen-bond acceptors (Lipinski definition) is 3. The summed E-state index contributed by atoms with van der Waals surface area (Å²) in [5, 5.41) is 3.31. The van der Waals surface area contributed by atoms with Gasteiger partial charge in [0.25, 0.3) is 0 Å². The Morgan fingerprint density at radius 2 is 2.20 bits per heavy atom. The Hall–Kier alpha value is -1.20. The van der Waals surface area contributed by atoms with Gasteiger partial charge >= 0.3 is 6.61 Å². The third kappa shape index (κ3) is 3.90. The molecular weight excluding hydrogens is 262 g/mol. The van der Waals surface area contributed by atoms with Crippen LogP contribution in [0.2, 0.25) is 0 Å². The van der Waals surface area contributed by atoms with Crippen molar-refractivity contribution in [1.82, 2.24) is 10.2 Å². The number of likely N-dealkylation sites (N-methyl/N-ethyl adjacent to an activating group) is 1. The minimum absolute atomic E-state index is 0.201. The van der Waals surface area contributed by atoms with Crippen LogP contribution in [-0.4, -0.2) is 37.7 Å². The third-order valence-corrected chi connectivity index (χ3v) is 3.97. The van der Waals surface area contributed by atoms with E-state index in [1.165, 1.54) is 6.42 Å². The monoisotopic (exact) mass is 284 g/mol. The van der Waals surface area contributed by atoms with Crippen LogP contribution in [0.15, 0.2) is 24.3 Å². The van der Waals surface area contributed by atoms with Crippen LogP contribution in [0.4, 0.5) is 8.78 Å². The fourth-order valence-electron chi connectivity index (χ4n) is 2.76. The quantitative estimate of drug-likeness (QED) is 0.899. The first-order valence-corrected chi connectivity index (χ1v) is 7.06. The number of benzene rings is 1. The highest BCUT2D eigenvalue weighted by Gasteiger charge is 2.23. The Kier molecular flexibility index (Phi) is 5.31. The summed E-state index contributed by atoms with van der Waals surface area (Å²) in [4.78, 5) is 2.38. The van der Waals surface area contributed by atoms with Crippen molar-refractivity contribution in [2.24, 2.45) is 0 Å². The highest BCUT2D eigenvalue weighted by Crippen LogP contribution is 2.27. The van der Waals surface area contributed by atoms with Crippen LogP contribution in [0.3, 0.4) is 0 Å². The topological polar surface area (TPSA) is 24.5 Å². The molecule has 3 nitrogen and oxygen atoms in total. The number of halogens is 2. The van der Waals surface area contributed by atoms with Crippen LogP contribution in [0.1, 0.15) is 31.4 Å². The predicted molar refractivity (Wildman–Crippen MR) is 75.1 cm³/mol. The van der Waals surface area contributed by atoms with E-state index in [2.05, 4.69) is 21.9 Å². The van der Waals surface area contributed by atoms with Crippen molar-refractivity contribution in [1.29, 1.82) is 0 Å². The van der Waals surface area contributed by atoms with Crippen molar-refractivity contribution in [3.8, 4) is 5.75 Å². The largest absolute Gasteiger partial charge is 0.435 e. The van der Waals surface area contributed by atoms with Crippen LogP contribution in [0.5, 0.6) is 5.75 Å². The van der Waals surface area contributed by atoms with Crippen molar-refractivity contribution in [2.75, 3.05) is 20.1 Å². The maximum Gasteiger partial charge on any atom is 0.387 e. The summed E-state index contributed by atoms with van der Waals surface area (Å²) in [6.45, 7) is 1.36. The van der Waals surface area contributed by atoms with Crippen LogP contribution >= 0.6 is 0 Å². The van der Waals surface area contributed by atoms with Gasteiger partial charge in [0.05, 0.1) is 0 Å². The van der Waals surface area contributed by atoms with E-state index < -0.39 is 6.61 Å². The lowest BCUT2D eigenvalue weighted by molar-refractivity contribution is -0.0499. The molecule has 2 rings (SSSR count). The van der Waals surface area contributed by atoms with Crippen molar-refractivity contribution in [3.63, 3.8) is 0 Å². The Morgan fingerprint density at radius 1 is 1.40 bits per heavy atom. The summed E-state index contributed by atoms with van der Waals surface area (Å²) in [5.41, 5.74) is 1.01. The second kappa shape index (κ2) is 6.99. The number of ether oxygens (including phenoxy) is 1. The fraction of sp³-hybridized carbons (Fsp3) is 0.600. The SMILES string of the molecule is CNC1CCCN(C(C)c2cccc(OC(F)F)c2)C1. The molecule has 0 aliphatic carbocycles. The standard InChI is InChI=1S/C15H22F2N2O/c1-11(19-8-4-6-13(10-19)18-2)12-5-3-7-14(9-12)20-15(16)17/h3,5,7,9,11,13,15,18H,4,6,8,10H2,1-2H3. The summed E-state index contributed by atoms with van der Waals surface area (Å²) in [5.74, 6) is 0.228. The number of piperidine rings is 1. The normalized spacial score (nSPS) is 21.9. The van der Waals surface area contributed by atoms with E-state index in [0.29, 0.717) is 6.04 Å². The molecule has 1 aromatic carbocycles. The lowest BCUT2D eigenvalue weighted by Gasteiger charge is -2.37. The van der Waals surface area contributed by atoms with Gasteiger partial charge in [-0.25, -0.2) is 0 Å². The molecule has 1 saturated heterocycles. The first-order valence-electron chi connectivity index (χ1n) is 7.06. The molecule has 0 saturated carbocycles. The zero-order valence-electron chi connectivity index (χ0n) is 12.0. The van der Waals surface area contributed by atoms with E-state index in [0.717, 1.165) is 25.1 Å². The molecule has 112 valence electrons. The van der Waals surface area contributed by atoms with Crippen molar-refractivity contribution in [2.45, 2.75) is 38.5 Å². The number of rotatable bonds is 5. The van der Waals surface area contributed by atoms with Gasteiger partial charge in [-0.3, -0.25) is 4.90 Å². The van der Waals surface area contributed by atoms with Crippen LogP contribution in [0, 0.1) is 0 Å². The van der Waals surface area contributed by atoms with Gasteiger partial charge in [-0.05, 0) is 51.1 Å². The molecule has 2 atom stereocenters. The Bertz CT molecular complexity index is 428. The summed E-state index contributed by atoms with van der Waals surface area (Å²) in [6, 6.07) is 7.71. The molecule has 20 heavy (non-hydrogen) atoms. The molecule has 1 aromatic rings. The van der Waals surface area contributed by atoms with Gasteiger partial charge in [-0.15, -0.1) is 0 Å². The van der Waals surface area contributed by atoms with Gasteiger partial charge < -0.3 is 10.1 Å². The summed E-state index contributed by atoms with van der Waals surface area (Å²) in [7, 11) is 1.98. The molecule has 0 aromatic heterocycles. The zero-order chi connectivity index (χ0) is 14.5. The molecule has 5 heteroatoms. The fourth-order valence-corrected chi connectivity index (χ4v) is 2.76. The molecule has 1 aliphatic heterocycles. The molecule has 0 spiro atoms. The minimum atomic E-state index is -2.77.